The van der Waals surface area contributed by atoms with Crippen molar-refractivity contribution in [2.75, 3.05) is 29.1 Å². The predicted molar refractivity (Wildman–Crippen MR) is 119 cm³/mol. The first-order valence-corrected chi connectivity index (χ1v) is 9.77. The minimum Gasteiger partial charge on any atom is -0.368 e. The lowest BCUT2D eigenvalue weighted by Crippen LogP contribution is -2.12. The molecule has 0 bridgehead atoms. The lowest BCUT2D eigenvalue weighted by molar-refractivity contribution is 0.489. The van der Waals surface area contributed by atoms with Gasteiger partial charge in [-0.25, -0.2) is 9.97 Å². The third kappa shape index (κ3) is 5.37. The Morgan fingerprint density at radius 1 is 0.964 bits per heavy atom. The van der Waals surface area contributed by atoms with Gasteiger partial charge in [0.2, 0.25) is 0 Å². The molecule has 28 heavy (non-hydrogen) atoms. The van der Waals surface area contributed by atoms with Crippen molar-refractivity contribution in [2.45, 2.75) is 19.9 Å². The van der Waals surface area contributed by atoms with Crippen LogP contribution in [-0.4, -0.2) is 30.2 Å². The summed E-state index contributed by atoms with van der Waals surface area (Å²) in [5, 5.41) is 6.73. The fourth-order valence-corrected chi connectivity index (χ4v) is 3.10. The van der Waals surface area contributed by atoms with E-state index in [0.717, 1.165) is 28.6 Å². The second-order valence-electron chi connectivity index (χ2n) is 6.54. The number of rotatable bonds is 8. The van der Waals surface area contributed by atoms with Gasteiger partial charge < -0.3 is 14.8 Å². The van der Waals surface area contributed by atoms with Crippen LogP contribution < -0.4 is 14.9 Å². The molecule has 3 aromatic rings. The van der Waals surface area contributed by atoms with E-state index in [9.17, 15) is 0 Å². The van der Waals surface area contributed by atoms with Gasteiger partial charge in [0.05, 0.1) is 7.11 Å². The minimum atomic E-state index is 0.267. The Hall–Kier alpha value is -2.77. The molecular weight excluding hydrogens is 370 g/mol. The molecule has 0 aliphatic heterocycles. The summed E-state index contributed by atoms with van der Waals surface area (Å²) in [6.45, 7) is 4.17. The zero-order chi connectivity index (χ0) is 19.9. The monoisotopic (exact) mass is 395 g/mol. The summed E-state index contributed by atoms with van der Waals surface area (Å²) in [4.78, 5) is 9.45. The van der Waals surface area contributed by atoms with Gasteiger partial charge in [-0.15, -0.1) is 0 Å². The number of benzene rings is 2. The highest BCUT2D eigenvalue weighted by atomic mass is 32.2. The second kappa shape index (κ2) is 9.43. The molecule has 0 radical (unpaired) electrons. The minimum absolute atomic E-state index is 0.267. The van der Waals surface area contributed by atoms with Crippen LogP contribution in [0.5, 0.6) is 0 Å². The third-order valence-electron chi connectivity index (χ3n) is 3.86. The molecule has 2 aromatic carbocycles. The first-order chi connectivity index (χ1) is 13.5. The standard InChI is InChI=1S/C21H25N5OS/c1-15(2)22-19-14-20(23-17-10-6-5-7-11-17)25-21(24-19)16-9-8-12-18(13-16)26(3)28-27-4/h5-15H,1-4H3,(H2,22,23,24,25). The lowest BCUT2D eigenvalue weighted by Gasteiger charge is -2.17. The SMILES string of the molecule is COSN(C)c1cccc(-c2nc(Nc3ccccc3)cc(NC(C)C)n2)c1. The summed E-state index contributed by atoms with van der Waals surface area (Å²) in [5.74, 6) is 2.18. The van der Waals surface area contributed by atoms with Crippen molar-refractivity contribution in [3.05, 3.63) is 60.7 Å². The first kappa shape index (κ1) is 20.0. The largest absolute Gasteiger partial charge is 0.368 e. The van der Waals surface area contributed by atoms with Crippen molar-refractivity contribution in [3.63, 3.8) is 0 Å². The van der Waals surface area contributed by atoms with E-state index in [-0.39, 0.29) is 6.04 Å². The molecule has 1 heterocycles. The maximum absolute atomic E-state index is 5.14. The van der Waals surface area contributed by atoms with E-state index in [1.807, 2.05) is 72.0 Å². The van der Waals surface area contributed by atoms with Crippen LogP contribution in [0.4, 0.5) is 23.0 Å². The summed E-state index contributed by atoms with van der Waals surface area (Å²) >= 11 is 1.27. The molecule has 0 atom stereocenters. The van der Waals surface area contributed by atoms with Crippen LogP contribution in [0.3, 0.4) is 0 Å². The lowest BCUT2D eigenvalue weighted by atomic mass is 10.2. The average molecular weight is 396 g/mol. The number of hydrogen-bond acceptors (Lipinski definition) is 7. The Labute approximate surface area is 170 Å². The van der Waals surface area contributed by atoms with Gasteiger partial charge >= 0.3 is 0 Å². The zero-order valence-corrected chi connectivity index (χ0v) is 17.3. The van der Waals surface area contributed by atoms with Crippen molar-refractivity contribution in [1.82, 2.24) is 9.97 Å². The van der Waals surface area contributed by atoms with E-state index in [1.165, 1.54) is 12.2 Å². The Bertz CT molecular complexity index is 904. The summed E-state index contributed by atoms with van der Waals surface area (Å²) in [6.07, 6.45) is 0. The van der Waals surface area contributed by atoms with Crippen molar-refractivity contribution >= 4 is 35.2 Å². The van der Waals surface area contributed by atoms with Crippen molar-refractivity contribution in [3.8, 4) is 11.4 Å². The highest BCUT2D eigenvalue weighted by Crippen LogP contribution is 2.28. The maximum atomic E-state index is 5.14. The molecule has 0 fully saturated rings. The predicted octanol–water partition coefficient (Wildman–Crippen LogP) is 5.35. The molecule has 0 saturated heterocycles. The number of para-hydroxylation sites is 1. The summed E-state index contributed by atoms with van der Waals surface area (Å²) in [7, 11) is 3.60. The number of nitrogens with zero attached hydrogens (tertiary/aromatic N) is 3. The molecule has 1 aromatic heterocycles. The number of anilines is 4. The molecule has 0 aliphatic rings. The topological polar surface area (TPSA) is 62.3 Å². The normalized spacial score (nSPS) is 10.8. The Morgan fingerprint density at radius 2 is 1.71 bits per heavy atom. The Kier molecular flexibility index (Phi) is 6.73. The van der Waals surface area contributed by atoms with Gasteiger partial charge in [0.15, 0.2) is 5.82 Å². The molecule has 6 nitrogen and oxygen atoms in total. The molecule has 0 unspecified atom stereocenters. The summed E-state index contributed by atoms with van der Waals surface area (Å²) in [5.41, 5.74) is 2.92. The smallest absolute Gasteiger partial charge is 0.163 e. The van der Waals surface area contributed by atoms with E-state index in [4.69, 9.17) is 14.2 Å². The Morgan fingerprint density at radius 3 is 2.43 bits per heavy atom. The van der Waals surface area contributed by atoms with Crippen LogP contribution >= 0.6 is 12.2 Å². The van der Waals surface area contributed by atoms with E-state index in [0.29, 0.717) is 5.82 Å². The van der Waals surface area contributed by atoms with Crippen molar-refractivity contribution in [2.24, 2.45) is 0 Å². The highest BCUT2D eigenvalue weighted by molar-refractivity contribution is 7.96. The number of hydrogen-bond donors (Lipinski definition) is 2. The van der Waals surface area contributed by atoms with Gasteiger partial charge in [-0.2, -0.15) is 0 Å². The molecule has 0 amide bonds. The molecule has 3 rings (SSSR count). The van der Waals surface area contributed by atoms with E-state index in [2.05, 4.69) is 24.5 Å². The van der Waals surface area contributed by atoms with Crippen LogP contribution in [0.2, 0.25) is 0 Å². The maximum Gasteiger partial charge on any atom is 0.163 e. The van der Waals surface area contributed by atoms with Crippen molar-refractivity contribution in [1.29, 1.82) is 0 Å². The summed E-state index contributed by atoms with van der Waals surface area (Å²) in [6, 6.07) is 20.3. The second-order valence-corrected chi connectivity index (χ2v) is 7.57. The molecule has 7 heteroatoms. The van der Waals surface area contributed by atoms with Crippen LogP contribution in [0.15, 0.2) is 60.7 Å². The van der Waals surface area contributed by atoms with Gasteiger partial charge in [0.25, 0.3) is 0 Å². The highest BCUT2D eigenvalue weighted by Gasteiger charge is 2.10. The molecule has 0 aliphatic carbocycles. The molecule has 146 valence electrons. The first-order valence-electron chi connectivity index (χ1n) is 9.08. The van der Waals surface area contributed by atoms with Crippen LogP contribution in [0.1, 0.15) is 13.8 Å². The van der Waals surface area contributed by atoms with E-state index < -0.39 is 0 Å². The van der Waals surface area contributed by atoms with Gasteiger partial charge in [-0.3, -0.25) is 4.31 Å². The van der Waals surface area contributed by atoms with E-state index >= 15 is 0 Å². The number of nitrogens with one attached hydrogen (secondary N) is 2. The molecular formula is C21H25N5OS. The molecule has 0 spiro atoms. The fraction of sp³-hybridized carbons (Fsp3) is 0.238. The van der Waals surface area contributed by atoms with Gasteiger partial charge in [-0.1, -0.05) is 30.3 Å². The van der Waals surface area contributed by atoms with Crippen molar-refractivity contribution < 1.29 is 4.18 Å². The summed E-state index contributed by atoms with van der Waals surface area (Å²) < 4.78 is 7.09. The van der Waals surface area contributed by atoms with Crippen LogP contribution in [0, 0.1) is 0 Å². The van der Waals surface area contributed by atoms with Crippen LogP contribution in [-0.2, 0) is 4.18 Å². The third-order valence-corrected chi connectivity index (χ3v) is 4.45. The van der Waals surface area contributed by atoms with Crippen LogP contribution in [0.25, 0.3) is 11.4 Å². The van der Waals surface area contributed by atoms with Gasteiger partial charge in [0.1, 0.15) is 23.9 Å². The van der Waals surface area contributed by atoms with Gasteiger partial charge in [-0.05, 0) is 38.1 Å². The quantitative estimate of drug-likeness (QED) is 0.393. The molecule has 2 N–H and O–H groups in total. The number of aromatic nitrogens is 2. The zero-order valence-electron chi connectivity index (χ0n) is 16.5. The molecule has 0 saturated carbocycles. The Balaban J connectivity index is 1.97. The average Bonchev–Trinajstić information content (AvgIpc) is 2.68. The van der Waals surface area contributed by atoms with E-state index in [1.54, 1.807) is 7.11 Å². The van der Waals surface area contributed by atoms with Gasteiger partial charge in [0, 0.05) is 36.1 Å². The fourth-order valence-electron chi connectivity index (χ4n) is 2.68.